The minimum Gasteiger partial charge on any atom is -0.357 e. The van der Waals surface area contributed by atoms with Crippen molar-refractivity contribution in [3.8, 4) is 0 Å². The fourth-order valence-corrected chi connectivity index (χ4v) is 0. The number of nitrogens with two attached hydrogens (primary N) is 1. The zero-order valence-corrected chi connectivity index (χ0v) is 6.57. The number of thiocarbonyl (C=S) groups is 1. The van der Waals surface area contributed by atoms with Crippen LogP contribution in [0.25, 0.3) is 0 Å². The monoisotopic (exact) mass is 129 g/mol. The molecule has 0 spiro atoms. The van der Waals surface area contributed by atoms with Crippen molar-refractivity contribution >= 4 is 46.9 Å². The minimum atomic E-state index is -0.824. The van der Waals surface area contributed by atoms with Gasteiger partial charge in [-0.1, -0.05) is 0 Å². The van der Waals surface area contributed by atoms with E-state index in [1.54, 1.807) is 0 Å². The summed E-state index contributed by atoms with van der Waals surface area (Å²) >= 11 is 3.90. The fourth-order valence-electron chi connectivity index (χ4n) is 0. The Morgan fingerprint density at radius 3 is 2.00 bits per heavy atom. The molecular weight excluding hydrogens is 127 g/mol. The Balaban J connectivity index is 0. The second-order valence-electron chi connectivity index (χ2n) is 0.595. The molecule has 0 atom stereocenters. The maximum absolute atomic E-state index is 9.24. The molecule has 0 unspecified atom stereocenters. The molecular formula is CH2N2NaO2S. The topological polar surface area (TPSA) is 69.2 Å². The van der Waals surface area contributed by atoms with Gasteiger partial charge in [-0.05, 0) is 4.92 Å². The Morgan fingerprint density at radius 2 is 2.00 bits per heavy atom. The van der Waals surface area contributed by atoms with Crippen LogP contribution in [-0.4, -0.2) is 39.6 Å². The van der Waals surface area contributed by atoms with Gasteiger partial charge in [-0.15, -0.1) is 0 Å². The molecule has 0 heterocycles. The Bertz CT molecular complexity index is 81.7. The van der Waals surface area contributed by atoms with Gasteiger partial charge < -0.3 is 10.1 Å². The predicted octanol–water partition coefficient (Wildman–Crippen LogP) is -0.874. The number of hydrogen-bond acceptors (Lipinski definition) is 3. The van der Waals surface area contributed by atoms with Crippen molar-refractivity contribution < 1.29 is 4.92 Å². The summed E-state index contributed by atoms with van der Waals surface area (Å²) in [6, 6.07) is 0. The maximum Gasteiger partial charge on any atom is 0.382 e. The summed E-state index contributed by atoms with van der Waals surface area (Å²) in [5, 5.41) is 8.55. The van der Waals surface area contributed by atoms with E-state index in [1.807, 2.05) is 0 Å². The zero-order valence-electron chi connectivity index (χ0n) is 3.75. The first-order valence-corrected chi connectivity index (χ1v) is 1.49. The standard InChI is InChI=1S/CH2N2O2S.Na/c2-1(6)3(4)5;/h(H2,2,6);. The van der Waals surface area contributed by atoms with Crippen molar-refractivity contribution in [3.05, 3.63) is 10.1 Å². The first-order valence-electron chi connectivity index (χ1n) is 1.08. The molecule has 0 aliphatic carbocycles. The minimum absolute atomic E-state index is 0. The van der Waals surface area contributed by atoms with Crippen LogP contribution in [0.1, 0.15) is 0 Å². The molecule has 4 nitrogen and oxygen atoms in total. The Hall–Kier alpha value is 0.290. The summed E-state index contributed by atoms with van der Waals surface area (Å²) in [6.45, 7) is 0. The van der Waals surface area contributed by atoms with Gasteiger partial charge in [0.25, 0.3) is 0 Å². The maximum atomic E-state index is 9.24. The molecule has 0 bridgehead atoms. The van der Waals surface area contributed by atoms with Gasteiger partial charge in [0.2, 0.25) is 0 Å². The molecule has 0 rings (SSSR count). The molecule has 0 aromatic rings. The van der Waals surface area contributed by atoms with Crippen LogP contribution in [0.2, 0.25) is 0 Å². The van der Waals surface area contributed by atoms with Gasteiger partial charge in [0.1, 0.15) is 0 Å². The fraction of sp³-hybridized carbons (Fsp3) is 0. The molecule has 0 aliphatic rings. The first kappa shape index (κ1) is 10.3. The molecule has 7 heavy (non-hydrogen) atoms. The number of nitro groups is 1. The molecule has 0 aliphatic heterocycles. The van der Waals surface area contributed by atoms with Crippen LogP contribution in [0.4, 0.5) is 0 Å². The van der Waals surface area contributed by atoms with E-state index in [2.05, 4.69) is 18.0 Å². The van der Waals surface area contributed by atoms with Crippen molar-refractivity contribution in [3.63, 3.8) is 0 Å². The van der Waals surface area contributed by atoms with Crippen LogP contribution in [-0.2, 0) is 0 Å². The third-order valence-corrected chi connectivity index (χ3v) is 0.329. The number of hydrogen-bond donors (Lipinski definition) is 1. The molecule has 2 N–H and O–H groups in total. The molecule has 0 amide bonds. The molecule has 0 saturated carbocycles. The molecule has 0 saturated heterocycles. The molecule has 0 aromatic carbocycles. The van der Waals surface area contributed by atoms with E-state index < -0.39 is 10.0 Å². The summed E-state index contributed by atoms with van der Waals surface area (Å²) in [5.41, 5.74) is 4.47. The van der Waals surface area contributed by atoms with E-state index in [0.717, 1.165) is 0 Å². The van der Waals surface area contributed by atoms with E-state index in [-0.39, 0.29) is 29.6 Å². The Labute approximate surface area is 67.5 Å². The normalized spacial score (nSPS) is 6.29. The average molecular weight is 129 g/mol. The van der Waals surface area contributed by atoms with Crippen LogP contribution in [0, 0.1) is 10.1 Å². The Kier molecular flexibility index (Phi) is 6.55. The van der Waals surface area contributed by atoms with Gasteiger partial charge in [-0.25, -0.2) is 0 Å². The summed E-state index contributed by atoms with van der Waals surface area (Å²) in [5.74, 6) is 0. The quantitative estimate of drug-likeness (QED) is 0.200. The van der Waals surface area contributed by atoms with E-state index in [9.17, 15) is 10.1 Å². The summed E-state index contributed by atoms with van der Waals surface area (Å²) < 4.78 is 0. The van der Waals surface area contributed by atoms with E-state index >= 15 is 0 Å². The Morgan fingerprint density at radius 1 is 1.86 bits per heavy atom. The van der Waals surface area contributed by atoms with Gasteiger partial charge in [-0.3, -0.25) is 5.73 Å². The average Bonchev–Trinajstić information content (AvgIpc) is 1.36. The summed E-state index contributed by atoms with van der Waals surface area (Å²) in [6.07, 6.45) is 0. The van der Waals surface area contributed by atoms with Gasteiger partial charge in [0.05, 0.1) is 0 Å². The number of nitrogens with zero attached hydrogens (tertiary/aromatic N) is 1. The predicted molar refractivity (Wildman–Crippen MR) is 29.5 cm³/mol. The van der Waals surface area contributed by atoms with E-state index in [0.29, 0.717) is 0 Å². The third kappa shape index (κ3) is 6.29. The van der Waals surface area contributed by atoms with Crippen molar-refractivity contribution in [2.24, 2.45) is 5.73 Å². The largest absolute Gasteiger partial charge is 0.382 e. The van der Waals surface area contributed by atoms with E-state index in [4.69, 9.17) is 0 Å². The van der Waals surface area contributed by atoms with Crippen LogP contribution >= 0.6 is 12.2 Å². The second kappa shape index (κ2) is 4.45. The molecule has 6 heteroatoms. The van der Waals surface area contributed by atoms with Crippen LogP contribution < -0.4 is 5.73 Å². The van der Waals surface area contributed by atoms with Crippen molar-refractivity contribution in [1.82, 2.24) is 0 Å². The third-order valence-electron chi connectivity index (χ3n) is 0.180. The molecule has 1 radical (unpaired) electrons. The smallest absolute Gasteiger partial charge is 0.357 e. The molecule has 35 valence electrons. The van der Waals surface area contributed by atoms with Gasteiger partial charge >= 0.3 is 5.11 Å². The summed E-state index contributed by atoms with van der Waals surface area (Å²) in [7, 11) is 0. The molecule has 0 aromatic heterocycles. The van der Waals surface area contributed by atoms with Gasteiger partial charge in [0.15, 0.2) is 0 Å². The van der Waals surface area contributed by atoms with Crippen LogP contribution in [0.5, 0.6) is 0 Å². The SMILES string of the molecule is NC(=S)[N+](=O)[O-].[Na]. The zero-order chi connectivity index (χ0) is 5.15. The van der Waals surface area contributed by atoms with Gasteiger partial charge in [0, 0.05) is 41.8 Å². The van der Waals surface area contributed by atoms with Crippen LogP contribution in [0.3, 0.4) is 0 Å². The van der Waals surface area contributed by atoms with Crippen molar-refractivity contribution in [2.45, 2.75) is 0 Å². The second-order valence-corrected chi connectivity index (χ2v) is 1.01. The van der Waals surface area contributed by atoms with Crippen LogP contribution in [0.15, 0.2) is 0 Å². The first-order chi connectivity index (χ1) is 2.64. The summed E-state index contributed by atoms with van der Waals surface area (Å²) in [4.78, 5) is 8.41. The van der Waals surface area contributed by atoms with Crippen molar-refractivity contribution in [1.29, 1.82) is 0 Å². The van der Waals surface area contributed by atoms with E-state index in [1.165, 1.54) is 0 Å². The molecule has 0 fully saturated rings. The number of rotatable bonds is 0. The van der Waals surface area contributed by atoms with Crippen molar-refractivity contribution in [2.75, 3.05) is 0 Å². The van der Waals surface area contributed by atoms with Gasteiger partial charge in [-0.2, -0.15) is 0 Å².